The summed E-state index contributed by atoms with van der Waals surface area (Å²) in [5.41, 5.74) is 0. The molecule has 1 amide bonds. The molecule has 1 aliphatic rings. The predicted octanol–water partition coefficient (Wildman–Crippen LogP) is -1.11. The molecule has 98 valence electrons. The zero-order chi connectivity index (χ0) is 13.1. The molecule has 0 aromatic carbocycles. The molecule has 1 saturated carbocycles. The van der Waals surface area contributed by atoms with Crippen LogP contribution in [0.3, 0.4) is 0 Å². The van der Waals surface area contributed by atoms with Crippen molar-refractivity contribution in [2.24, 2.45) is 17.0 Å². The van der Waals surface area contributed by atoms with E-state index in [0.717, 1.165) is 0 Å². The monoisotopic (exact) mass is 264 g/mol. The molecule has 0 aromatic rings. The number of amides is 1. The lowest BCUT2D eigenvalue weighted by Crippen LogP contribution is -2.35. The summed E-state index contributed by atoms with van der Waals surface area (Å²) in [6.07, 6.45) is 1.33. The molecule has 0 bridgehead atoms. The number of sulfonamides is 1. The highest BCUT2D eigenvalue weighted by molar-refractivity contribution is 7.89. The number of carbonyl (C=O) groups is 2. The first-order valence-electron chi connectivity index (χ1n) is 5.30. The predicted molar refractivity (Wildman–Crippen MR) is 59.5 cm³/mol. The van der Waals surface area contributed by atoms with Gasteiger partial charge in [0.1, 0.15) is 0 Å². The number of carboxylic acid groups (broad SMARTS) is 1. The largest absolute Gasteiger partial charge is 0.481 e. The Kier molecular flexibility index (Phi) is 4.47. The Bertz CT molecular complexity index is 406. The molecule has 0 heterocycles. The number of primary sulfonamides is 1. The van der Waals surface area contributed by atoms with Crippen molar-refractivity contribution in [3.8, 4) is 0 Å². The zero-order valence-electron chi connectivity index (χ0n) is 9.26. The molecule has 0 aliphatic heterocycles. The summed E-state index contributed by atoms with van der Waals surface area (Å²) in [6, 6.07) is 0. The molecule has 2 unspecified atom stereocenters. The van der Waals surface area contributed by atoms with E-state index in [1.54, 1.807) is 0 Å². The molecule has 8 heteroatoms. The van der Waals surface area contributed by atoms with E-state index in [1.807, 2.05) is 0 Å². The van der Waals surface area contributed by atoms with Gasteiger partial charge in [-0.1, -0.05) is 0 Å². The number of carboxylic acids is 1. The maximum absolute atomic E-state index is 11.6. The second-order valence-electron chi connectivity index (χ2n) is 4.20. The van der Waals surface area contributed by atoms with Gasteiger partial charge in [0.15, 0.2) is 0 Å². The van der Waals surface area contributed by atoms with Gasteiger partial charge in [0, 0.05) is 12.5 Å². The quantitative estimate of drug-likeness (QED) is 0.580. The Hall–Kier alpha value is -1.15. The maximum Gasteiger partial charge on any atom is 0.306 e. The summed E-state index contributed by atoms with van der Waals surface area (Å²) in [6.45, 7) is -0.0358. The van der Waals surface area contributed by atoms with E-state index in [4.69, 9.17) is 10.2 Å². The highest BCUT2D eigenvalue weighted by Gasteiger charge is 2.33. The SMILES string of the molecule is NS(=O)(=O)CCNC(=O)C1CCC(C(=O)O)C1. The summed E-state index contributed by atoms with van der Waals surface area (Å²) in [4.78, 5) is 22.2. The van der Waals surface area contributed by atoms with Gasteiger partial charge in [-0.05, 0) is 19.3 Å². The van der Waals surface area contributed by atoms with Crippen molar-refractivity contribution >= 4 is 21.9 Å². The molecule has 1 aliphatic carbocycles. The van der Waals surface area contributed by atoms with Crippen LogP contribution in [-0.2, 0) is 19.6 Å². The molecule has 0 radical (unpaired) electrons. The molecule has 1 rings (SSSR count). The fraction of sp³-hybridized carbons (Fsp3) is 0.778. The molecule has 4 N–H and O–H groups in total. The topological polar surface area (TPSA) is 127 Å². The van der Waals surface area contributed by atoms with E-state index in [9.17, 15) is 18.0 Å². The number of carbonyl (C=O) groups excluding carboxylic acids is 1. The van der Waals surface area contributed by atoms with E-state index >= 15 is 0 Å². The van der Waals surface area contributed by atoms with Crippen LogP contribution in [0.5, 0.6) is 0 Å². The van der Waals surface area contributed by atoms with Crippen molar-refractivity contribution in [2.75, 3.05) is 12.3 Å². The van der Waals surface area contributed by atoms with Crippen molar-refractivity contribution in [1.82, 2.24) is 5.32 Å². The second kappa shape index (κ2) is 5.46. The number of nitrogens with two attached hydrogens (primary N) is 1. The van der Waals surface area contributed by atoms with Crippen LogP contribution in [0, 0.1) is 11.8 Å². The molecule has 17 heavy (non-hydrogen) atoms. The van der Waals surface area contributed by atoms with Gasteiger partial charge in [-0.2, -0.15) is 0 Å². The van der Waals surface area contributed by atoms with Crippen LogP contribution < -0.4 is 10.5 Å². The van der Waals surface area contributed by atoms with Crippen molar-refractivity contribution in [3.63, 3.8) is 0 Å². The highest BCUT2D eigenvalue weighted by Crippen LogP contribution is 2.30. The molecule has 0 spiro atoms. The minimum atomic E-state index is -3.58. The highest BCUT2D eigenvalue weighted by atomic mass is 32.2. The molecular weight excluding hydrogens is 248 g/mol. The fourth-order valence-electron chi connectivity index (χ4n) is 1.90. The Morgan fingerprint density at radius 1 is 1.29 bits per heavy atom. The van der Waals surface area contributed by atoms with Gasteiger partial charge in [0.2, 0.25) is 15.9 Å². The maximum atomic E-state index is 11.6. The number of rotatable bonds is 5. The first-order valence-corrected chi connectivity index (χ1v) is 7.02. The van der Waals surface area contributed by atoms with E-state index < -0.39 is 21.9 Å². The fourth-order valence-corrected chi connectivity index (χ4v) is 2.29. The van der Waals surface area contributed by atoms with Gasteiger partial charge in [0.25, 0.3) is 0 Å². The Morgan fingerprint density at radius 3 is 2.35 bits per heavy atom. The van der Waals surface area contributed by atoms with Crippen molar-refractivity contribution in [1.29, 1.82) is 0 Å². The van der Waals surface area contributed by atoms with Crippen LogP contribution in [0.4, 0.5) is 0 Å². The summed E-state index contributed by atoms with van der Waals surface area (Å²) < 4.78 is 21.2. The molecule has 2 atom stereocenters. The molecule has 0 saturated heterocycles. The first kappa shape index (κ1) is 13.9. The average molecular weight is 264 g/mol. The standard InChI is InChI=1S/C9H16N2O5S/c10-17(15,16)4-3-11-8(12)6-1-2-7(5-6)9(13)14/h6-7H,1-5H2,(H,11,12)(H,13,14)(H2,10,15,16). The summed E-state index contributed by atoms with van der Waals surface area (Å²) in [7, 11) is -3.58. The summed E-state index contributed by atoms with van der Waals surface area (Å²) in [5, 5.41) is 16.0. The number of hydrogen-bond donors (Lipinski definition) is 3. The summed E-state index contributed by atoms with van der Waals surface area (Å²) >= 11 is 0. The van der Waals surface area contributed by atoms with E-state index in [-0.39, 0.29) is 24.1 Å². The second-order valence-corrected chi connectivity index (χ2v) is 5.94. The minimum Gasteiger partial charge on any atom is -0.481 e. The lowest BCUT2D eigenvalue weighted by atomic mass is 10.0. The third kappa shape index (κ3) is 4.70. The van der Waals surface area contributed by atoms with Crippen LogP contribution in [0.1, 0.15) is 19.3 Å². The van der Waals surface area contributed by atoms with Gasteiger partial charge in [-0.15, -0.1) is 0 Å². The lowest BCUT2D eigenvalue weighted by Gasteiger charge is -2.10. The number of hydrogen-bond acceptors (Lipinski definition) is 4. The van der Waals surface area contributed by atoms with Crippen LogP contribution in [0.15, 0.2) is 0 Å². The third-order valence-electron chi connectivity index (χ3n) is 2.84. The summed E-state index contributed by atoms with van der Waals surface area (Å²) in [5.74, 6) is -2.30. The molecule has 7 nitrogen and oxygen atoms in total. The van der Waals surface area contributed by atoms with Crippen molar-refractivity contribution in [2.45, 2.75) is 19.3 Å². The Balaban J connectivity index is 2.33. The normalized spacial score (nSPS) is 24.5. The molecule has 1 fully saturated rings. The van der Waals surface area contributed by atoms with Gasteiger partial charge < -0.3 is 10.4 Å². The van der Waals surface area contributed by atoms with Gasteiger partial charge in [0.05, 0.1) is 11.7 Å². The zero-order valence-corrected chi connectivity index (χ0v) is 10.1. The van der Waals surface area contributed by atoms with Crippen molar-refractivity contribution < 1.29 is 23.1 Å². The minimum absolute atomic E-state index is 0.0358. The van der Waals surface area contributed by atoms with E-state index in [2.05, 4.69) is 5.32 Å². The average Bonchev–Trinajstić information content (AvgIpc) is 2.63. The van der Waals surface area contributed by atoms with Crippen LogP contribution in [0.2, 0.25) is 0 Å². The van der Waals surface area contributed by atoms with Crippen LogP contribution in [-0.4, -0.2) is 37.7 Å². The Labute approximate surface area is 99.4 Å². The van der Waals surface area contributed by atoms with Gasteiger partial charge in [-0.3, -0.25) is 9.59 Å². The van der Waals surface area contributed by atoms with Crippen LogP contribution in [0.25, 0.3) is 0 Å². The van der Waals surface area contributed by atoms with E-state index in [0.29, 0.717) is 19.3 Å². The number of nitrogens with one attached hydrogen (secondary N) is 1. The van der Waals surface area contributed by atoms with Crippen LogP contribution >= 0.6 is 0 Å². The van der Waals surface area contributed by atoms with Gasteiger partial charge in [-0.25, -0.2) is 13.6 Å². The first-order chi connectivity index (χ1) is 7.79. The number of aliphatic carboxylic acids is 1. The third-order valence-corrected chi connectivity index (χ3v) is 3.61. The lowest BCUT2D eigenvalue weighted by molar-refractivity contribution is -0.141. The van der Waals surface area contributed by atoms with Crippen molar-refractivity contribution in [3.05, 3.63) is 0 Å². The molecular formula is C9H16N2O5S. The van der Waals surface area contributed by atoms with Gasteiger partial charge >= 0.3 is 5.97 Å². The molecule has 0 aromatic heterocycles. The van der Waals surface area contributed by atoms with E-state index in [1.165, 1.54) is 0 Å². The smallest absolute Gasteiger partial charge is 0.306 e. The Morgan fingerprint density at radius 2 is 1.88 bits per heavy atom.